The van der Waals surface area contributed by atoms with Crippen LogP contribution in [0.15, 0.2) is 29.3 Å². The third-order valence-electron chi connectivity index (χ3n) is 3.82. The van der Waals surface area contributed by atoms with Crippen molar-refractivity contribution in [3.8, 4) is 5.75 Å². The molecule has 0 heterocycles. The molecule has 0 radical (unpaired) electrons. The van der Waals surface area contributed by atoms with Crippen molar-refractivity contribution in [2.45, 2.75) is 26.3 Å². The maximum atomic E-state index is 5.50. The summed E-state index contributed by atoms with van der Waals surface area (Å²) in [5.74, 6) is 2.44. The van der Waals surface area contributed by atoms with E-state index in [1.165, 1.54) is 5.56 Å². The van der Waals surface area contributed by atoms with E-state index < -0.39 is 0 Å². The van der Waals surface area contributed by atoms with E-state index in [9.17, 15) is 0 Å². The Balaban J connectivity index is 2.69. The molecule has 0 saturated carbocycles. The zero-order chi connectivity index (χ0) is 17.2. The third-order valence-corrected chi connectivity index (χ3v) is 3.82. The Hall–Kier alpha value is -1.75. The molecule has 0 amide bonds. The van der Waals surface area contributed by atoms with E-state index in [1.807, 2.05) is 18.2 Å². The number of hydrogen-bond donors (Lipinski definition) is 2. The lowest BCUT2D eigenvalue weighted by atomic mass is 10.0. The fraction of sp³-hybridized carbons (Fsp3) is 0.611. The molecule has 0 saturated heterocycles. The van der Waals surface area contributed by atoms with Crippen LogP contribution in [0, 0.1) is 5.92 Å². The second kappa shape index (κ2) is 10.1. The first kappa shape index (κ1) is 19.3. The number of ether oxygens (including phenoxy) is 1. The number of para-hydroxylation sites is 1. The smallest absolute Gasteiger partial charge is 0.191 e. The van der Waals surface area contributed by atoms with Crippen molar-refractivity contribution in [3.05, 3.63) is 29.8 Å². The lowest BCUT2D eigenvalue weighted by molar-refractivity contribution is 0.287. The molecule has 0 fully saturated rings. The number of guanidine groups is 1. The minimum atomic E-state index is 0.204. The first-order valence-electron chi connectivity index (χ1n) is 8.23. The van der Waals surface area contributed by atoms with Gasteiger partial charge in [0.05, 0.1) is 13.2 Å². The zero-order valence-electron chi connectivity index (χ0n) is 15.4. The van der Waals surface area contributed by atoms with Crippen LogP contribution in [0.5, 0.6) is 5.75 Å². The van der Waals surface area contributed by atoms with Crippen LogP contribution in [0.2, 0.25) is 0 Å². The van der Waals surface area contributed by atoms with Gasteiger partial charge in [0.2, 0.25) is 0 Å². The number of methoxy groups -OCH3 is 1. The van der Waals surface area contributed by atoms with Gasteiger partial charge in [-0.05, 0) is 32.5 Å². The molecule has 0 spiro atoms. The van der Waals surface area contributed by atoms with Crippen molar-refractivity contribution in [1.82, 2.24) is 15.5 Å². The summed E-state index contributed by atoms with van der Waals surface area (Å²) in [5.41, 5.74) is 1.17. The first-order chi connectivity index (χ1) is 11.0. The lowest BCUT2D eigenvalue weighted by Gasteiger charge is -2.27. The Morgan fingerprint density at radius 1 is 1.22 bits per heavy atom. The molecule has 23 heavy (non-hydrogen) atoms. The molecule has 5 nitrogen and oxygen atoms in total. The monoisotopic (exact) mass is 320 g/mol. The standard InChI is InChI=1S/C18H32N4O/c1-14(2)11-12-20-18(19-3)21-13-16(22(4)5)15-9-7-8-10-17(15)23-6/h7-10,14,16H,11-13H2,1-6H3,(H2,19,20,21). The van der Waals surface area contributed by atoms with Crippen LogP contribution in [0.4, 0.5) is 0 Å². The number of nitrogens with zero attached hydrogens (tertiary/aromatic N) is 2. The van der Waals surface area contributed by atoms with Crippen LogP contribution >= 0.6 is 0 Å². The minimum Gasteiger partial charge on any atom is -0.496 e. The fourth-order valence-electron chi connectivity index (χ4n) is 2.41. The zero-order valence-corrected chi connectivity index (χ0v) is 15.4. The van der Waals surface area contributed by atoms with Gasteiger partial charge in [0.25, 0.3) is 0 Å². The maximum Gasteiger partial charge on any atom is 0.191 e. The Kier molecular flexibility index (Phi) is 8.48. The van der Waals surface area contributed by atoms with Gasteiger partial charge in [-0.15, -0.1) is 0 Å². The van der Waals surface area contributed by atoms with E-state index in [2.05, 4.69) is 54.5 Å². The molecule has 0 aliphatic rings. The van der Waals surface area contributed by atoms with E-state index in [0.29, 0.717) is 5.92 Å². The summed E-state index contributed by atoms with van der Waals surface area (Å²) < 4.78 is 5.50. The molecule has 0 aliphatic heterocycles. The normalized spacial score (nSPS) is 13.3. The van der Waals surface area contributed by atoms with Crippen molar-refractivity contribution in [3.63, 3.8) is 0 Å². The third kappa shape index (κ3) is 6.48. The summed E-state index contributed by atoms with van der Waals surface area (Å²) in [7, 11) is 7.67. The largest absolute Gasteiger partial charge is 0.496 e. The summed E-state index contributed by atoms with van der Waals surface area (Å²) in [5, 5.41) is 6.78. The molecule has 0 aliphatic carbocycles. The molecule has 0 bridgehead atoms. The summed E-state index contributed by atoms with van der Waals surface area (Å²) in [6.45, 7) is 6.14. The second-order valence-electron chi connectivity index (χ2n) is 6.28. The molecule has 1 unspecified atom stereocenters. The van der Waals surface area contributed by atoms with E-state index in [0.717, 1.165) is 31.2 Å². The van der Waals surface area contributed by atoms with Crippen LogP contribution in [0.3, 0.4) is 0 Å². The lowest BCUT2D eigenvalue weighted by Crippen LogP contribution is -2.42. The number of hydrogen-bond acceptors (Lipinski definition) is 3. The van der Waals surface area contributed by atoms with Gasteiger partial charge < -0.3 is 20.3 Å². The SMILES string of the molecule is CN=C(NCCC(C)C)NCC(c1ccccc1OC)N(C)C. The number of benzene rings is 1. The molecule has 2 N–H and O–H groups in total. The van der Waals surface area contributed by atoms with Crippen LogP contribution in [-0.2, 0) is 0 Å². The van der Waals surface area contributed by atoms with E-state index in [-0.39, 0.29) is 6.04 Å². The molecule has 1 atom stereocenters. The molecule has 0 aromatic heterocycles. The van der Waals surface area contributed by atoms with Crippen LogP contribution in [-0.4, -0.2) is 52.2 Å². The molecule has 5 heteroatoms. The number of nitrogens with one attached hydrogen (secondary N) is 2. The predicted octanol–water partition coefficient (Wildman–Crippen LogP) is 2.51. The Morgan fingerprint density at radius 3 is 2.48 bits per heavy atom. The van der Waals surface area contributed by atoms with Gasteiger partial charge in [-0.25, -0.2) is 0 Å². The van der Waals surface area contributed by atoms with Crippen molar-refractivity contribution in [2.24, 2.45) is 10.9 Å². The fourth-order valence-corrected chi connectivity index (χ4v) is 2.41. The van der Waals surface area contributed by atoms with Crippen molar-refractivity contribution in [2.75, 3.05) is 41.3 Å². The highest BCUT2D eigenvalue weighted by atomic mass is 16.5. The number of aliphatic imine (C=N–C) groups is 1. The second-order valence-corrected chi connectivity index (χ2v) is 6.28. The molecule has 1 aromatic rings. The Morgan fingerprint density at radius 2 is 1.91 bits per heavy atom. The Labute approximate surface area is 141 Å². The molecule has 1 rings (SSSR count). The highest BCUT2D eigenvalue weighted by Gasteiger charge is 2.18. The molecular weight excluding hydrogens is 288 g/mol. The maximum absolute atomic E-state index is 5.50. The van der Waals surface area contributed by atoms with Crippen molar-refractivity contribution in [1.29, 1.82) is 0 Å². The Bertz CT molecular complexity index is 486. The van der Waals surface area contributed by atoms with Gasteiger partial charge in [0.1, 0.15) is 5.75 Å². The number of likely N-dealkylation sites (N-methyl/N-ethyl adjacent to an activating group) is 1. The van der Waals surface area contributed by atoms with Gasteiger partial charge in [-0.1, -0.05) is 32.0 Å². The highest BCUT2D eigenvalue weighted by Crippen LogP contribution is 2.27. The first-order valence-corrected chi connectivity index (χ1v) is 8.23. The van der Waals surface area contributed by atoms with Gasteiger partial charge in [-0.3, -0.25) is 4.99 Å². The molecule has 130 valence electrons. The summed E-state index contributed by atoms with van der Waals surface area (Å²) in [6.07, 6.45) is 1.13. The van der Waals surface area contributed by atoms with Gasteiger partial charge >= 0.3 is 0 Å². The average molecular weight is 320 g/mol. The van der Waals surface area contributed by atoms with Crippen LogP contribution in [0.1, 0.15) is 31.9 Å². The molecule has 1 aromatic carbocycles. The van der Waals surface area contributed by atoms with Gasteiger partial charge in [-0.2, -0.15) is 0 Å². The van der Waals surface area contributed by atoms with Crippen LogP contribution in [0.25, 0.3) is 0 Å². The number of rotatable bonds is 8. The summed E-state index contributed by atoms with van der Waals surface area (Å²) in [6, 6.07) is 8.36. The quantitative estimate of drug-likeness (QED) is 0.571. The van der Waals surface area contributed by atoms with Gasteiger partial charge in [0.15, 0.2) is 5.96 Å². The van der Waals surface area contributed by atoms with E-state index >= 15 is 0 Å². The topological polar surface area (TPSA) is 48.9 Å². The molecular formula is C18H32N4O. The minimum absolute atomic E-state index is 0.204. The average Bonchev–Trinajstić information content (AvgIpc) is 2.53. The highest BCUT2D eigenvalue weighted by molar-refractivity contribution is 5.79. The van der Waals surface area contributed by atoms with E-state index in [1.54, 1.807) is 14.2 Å². The van der Waals surface area contributed by atoms with Gasteiger partial charge in [0, 0.05) is 25.7 Å². The summed E-state index contributed by atoms with van der Waals surface area (Å²) in [4.78, 5) is 6.48. The van der Waals surface area contributed by atoms with Crippen molar-refractivity contribution < 1.29 is 4.74 Å². The summed E-state index contributed by atoms with van der Waals surface area (Å²) >= 11 is 0. The predicted molar refractivity (Wildman–Crippen MR) is 98.2 cm³/mol. The van der Waals surface area contributed by atoms with Crippen LogP contribution < -0.4 is 15.4 Å². The van der Waals surface area contributed by atoms with Crippen molar-refractivity contribution >= 4 is 5.96 Å². The van der Waals surface area contributed by atoms with E-state index in [4.69, 9.17) is 4.74 Å².